The van der Waals surface area contributed by atoms with E-state index in [0.29, 0.717) is 23.6 Å². The third kappa shape index (κ3) is 5.05. The predicted molar refractivity (Wildman–Crippen MR) is 106 cm³/mol. The number of rotatable bonds is 8. The number of carbonyl (C=O) groups excluding carboxylic acids is 2. The van der Waals surface area contributed by atoms with Crippen molar-refractivity contribution < 1.29 is 28.8 Å². The zero-order valence-corrected chi connectivity index (χ0v) is 16.3. The monoisotopic (exact) mass is 413 g/mol. The van der Waals surface area contributed by atoms with Crippen molar-refractivity contribution in [3.05, 3.63) is 66.1 Å². The zero-order valence-electron chi connectivity index (χ0n) is 16.3. The number of carbonyl (C=O) groups is 3. The van der Waals surface area contributed by atoms with Crippen LogP contribution in [0, 0.1) is 0 Å². The third-order valence-electron chi connectivity index (χ3n) is 4.78. The van der Waals surface area contributed by atoms with E-state index in [2.05, 4.69) is 17.1 Å². The predicted octanol–water partition coefficient (Wildman–Crippen LogP) is 2.56. The fourth-order valence-electron chi connectivity index (χ4n) is 3.37. The first-order valence-corrected chi connectivity index (χ1v) is 9.58. The Morgan fingerprint density at radius 2 is 2.13 bits per heavy atom. The molecule has 0 aliphatic carbocycles. The smallest absolute Gasteiger partial charge is 0.408 e. The van der Waals surface area contributed by atoms with Gasteiger partial charge in [-0.2, -0.15) is 0 Å². The lowest BCUT2D eigenvalue weighted by molar-refractivity contribution is -0.139. The van der Waals surface area contributed by atoms with Crippen LogP contribution < -0.4 is 5.32 Å². The summed E-state index contributed by atoms with van der Waals surface area (Å²) in [6, 6.07) is 9.15. The molecule has 0 saturated carbocycles. The molecular formula is C21H23N3O6. The van der Waals surface area contributed by atoms with E-state index in [1.165, 1.54) is 6.08 Å². The lowest BCUT2D eigenvalue weighted by Crippen LogP contribution is -2.42. The molecule has 158 valence electrons. The number of ether oxygens (including phenoxy) is 1. The van der Waals surface area contributed by atoms with Crippen molar-refractivity contribution in [2.45, 2.75) is 31.3 Å². The van der Waals surface area contributed by atoms with Crippen molar-refractivity contribution in [3.63, 3.8) is 0 Å². The summed E-state index contributed by atoms with van der Waals surface area (Å²) in [7, 11) is 0. The van der Waals surface area contributed by atoms with E-state index in [4.69, 9.17) is 9.26 Å². The van der Waals surface area contributed by atoms with Gasteiger partial charge in [-0.3, -0.25) is 4.79 Å². The fraction of sp³-hybridized carbons (Fsp3) is 0.333. The van der Waals surface area contributed by atoms with Gasteiger partial charge >= 0.3 is 12.1 Å². The normalized spacial score (nSPS) is 16.7. The summed E-state index contributed by atoms with van der Waals surface area (Å²) in [6.07, 6.45) is 1.98. The van der Waals surface area contributed by atoms with E-state index >= 15 is 0 Å². The molecule has 1 aliphatic heterocycles. The Bertz CT molecular complexity index is 910. The van der Waals surface area contributed by atoms with Crippen molar-refractivity contribution in [1.82, 2.24) is 15.4 Å². The van der Waals surface area contributed by atoms with Gasteiger partial charge in [0.25, 0.3) is 5.91 Å². The van der Waals surface area contributed by atoms with Gasteiger partial charge in [-0.05, 0) is 25.0 Å². The Balaban J connectivity index is 1.68. The molecule has 0 radical (unpaired) electrons. The molecule has 30 heavy (non-hydrogen) atoms. The summed E-state index contributed by atoms with van der Waals surface area (Å²) >= 11 is 0. The lowest BCUT2D eigenvalue weighted by atomic mass is 10.1. The number of carboxylic acids is 1. The van der Waals surface area contributed by atoms with Crippen LogP contribution in [-0.2, 0) is 16.0 Å². The van der Waals surface area contributed by atoms with Gasteiger partial charge < -0.3 is 24.6 Å². The highest BCUT2D eigenvalue weighted by Gasteiger charge is 2.33. The summed E-state index contributed by atoms with van der Waals surface area (Å²) in [5.74, 6) is -1.02. The standard InChI is InChI=1S/C21H23N3O6/c1-2-11-29-21(28)22-17(20(26)27)13-15-12-16(23-30-15)18-9-6-10-24(18)19(25)14-7-4-3-5-8-14/h2-5,7-8,12,17-18H,1,6,9-11,13H2,(H,22,28)(H,26,27). The Morgan fingerprint density at radius 3 is 2.83 bits per heavy atom. The van der Waals surface area contributed by atoms with Gasteiger partial charge in [0, 0.05) is 24.6 Å². The second-order valence-corrected chi connectivity index (χ2v) is 6.87. The summed E-state index contributed by atoms with van der Waals surface area (Å²) in [4.78, 5) is 37.7. The van der Waals surface area contributed by atoms with E-state index in [1.807, 2.05) is 18.2 Å². The van der Waals surface area contributed by atoms with Crippen LogP contribution in [0.2, 0.25) is 0 Å². The molecule has 2 atom stereocenters. The van der Waals surface area contributed by atoms with Gasteiger partial charge in [-0.1, -0.05) is 36.0 Å². The van der Waals surface area contributed by atoms with E-state index in [-0.39, 0.29) is 25.0 Å². The van der Waals surface area contributed by atoms with Crippen molar-refractivity contribution in [1.29, 1.82) is 0 Å². The Labute approximate surface area is 173 Å². The molecule has 9 heteroatoms. The highest BCUT2D eigenvalue weighted by Crippen LogP contribution is 2.33. The first-order valence-electron chi connectivity index (χ1n) is 9.58. The quantitative estimate of drug-likeness (QED) is 0.638. The van der Waals surface area contributed by atoms with Crippen LogP contribution in [0.3, 0.4) is 0 Å². The minimum absolute atomic E-state index is 0.0302. The van der Waals surface area contributed by atoms with Crippen molar-refractivity contribution in [2.24, 2.45) is 0 Å². The topological polar surface area (TPSA) is 122 Å². The van der Waals surface area contributed by atoms with E-state index in [1.54, 1.807) is 23.1 Å². The zero-order chi connectivity index (χ0) is 21.5. The second kappa shape index (κ2) is 9.73. The summed E-state index contributed by atoms with van der Waals surface area (Å²) < 4.78 is 10.1. The number of aliphatic carboxylic acids is 1. The van der Waals surface area contributed by atoms with Crippen molar-refractivity contribution in [3.8, 4) is 0 Å². The molecular weight excluding hydrogens is 390 g/mol. The minimum Gasteiger partial charge on any atom is -0.480 e. The largest absolute Gasteiger partial charge is 0.480 e. The van der Waals surface area contributed by atoms with Crippen LogP contribution in [0.4, 0.5) is 4.79 Å². The van der Waals surface area contributed by atoms with Crippen LogP contribution >= 0.6 is 0 Å². The highest BCUT2D eigenvalue weighted by atomic mass is 16.5. The first-order chi connectivity index (χ1) is 14.5. The third-order valence-corrected chi connectivity index (χ3v) is 4.78. The summed E-state index contributed by atoms with van der Waals surface area (Å²) in [5.41, 5.74) is 1.16. The molecule has 0 bridgehead atoms. The first kappa shape index (κ1) is 21.1. The Hall–Kier alpha value is -3.62. The fourth-order valence-corrected chi connectivity index (χ4v) is 3.37. The Morgan fingerprint density at radius 1 is 1.37 bits per heavy atom. The molecule has 1 aromatic heterocycles. The molecule has 2 aromatic rings. The average Bonchev–Trinajstić information content (AvgIpc) is 3.41. The molecule has 1 saturated heterocycles. The average molecular weight is 413 g/mol. The molecule has 2 N–H and O–H groups in total. The molecule has 1 aromatic carbocycles. The molecule has 3 rings (SSSR count). The maximum Gasteiger partial charge on any atom is 0.408 e. The van der Waals surface area contributed by atoms with Gasteiger partial charge in [0.2, 0.25) is 0 Å². The number of nitrogens with one attached hydrogen (secondary N) is 1. The molecule has 1 fully saturated rings. The number of amides is 2. The van der Waals surface area contributed by atoms with Crippen LogP contribution in [0.15, 0.2) is 53.6 Å². The van der Waals surface area contributed by atoms with Crippen LogP contribution in [0.1, 0.15) is 40.7 Å². The van der Waals surface area contributed by atoms with Crippen LogP contribution in [0.5, 0.6) is 0 Å². The minimum atomic E-state index is -1.24. The van der Waals surface area contributed by atoms with Gasteiger partial charge in [0.15, 0.2) is 0 Å². The highest BCUT2D eigenvalue weighted by molar-refractivity contribution is 5.94. The number of likely N-dealkylation sites (tertiary alicyclic amines) is 1. The molecule has 1 aliphatic rings. The second-order valence-electron chi connectivity index (χ2n) is 6.87. The SMILES string of the molecule is C=CCOC(=O)NC(Cc1cc(C2CCCN2C(=O)c2ccccc2)no1)C(=O)O. The summed E-state index contributed by atoms with van der Waals surface area (Å²) in [5, 5.41) is 15.7. The number of hydrogen-bond acceptors (Lipinski definition) is 6. The number of nitrogens with zero attached hydrogens (tertiary/aromatic N) is 2. The van der Waals surface area contributed by atoms with E-state index in [9.17, 15) is 19.5 Å². The number of carboxylic acid groups (broad SMARTS) is 1. The maximum absolute atomic E-state index is 12.8. The summed E-state index contributed by atoms with van der Waals surface area (Å²) in [6.45, 7) is 4.00. The Kier molecular flexibility index (Phi) is 6.84. The van der Waals surface area contributed by atoms with Crippen LogP contribution in [-0.4, -0.2) is 52.3 Å². The van der Waals surface area contributed by atoms with E-state index in [0.717, 1.165) is 12.8 Å². The van der Waals surface area contributed by atoms with Gasteiger partial charge in [-0.15, -0.1) is 0 Å². The number of benzene rings is 1. The van der Waals surface area contributed by atoms with Crippen molar-refractivity contribution >= 4 is 18.0 Å². The number of alkyl carbamates (subject to hydrolysis) is 1. The number of hydrogen-bond donors (Lipinski definition) is 2. The van der Waals surface area contributed by atoms with E-state index < -0.39 is 18.1 Å². The van der Waals surface area contributed by atoms with Gasteiger partial charge in [0.1, 0.15) is 24.1 Å². The molecule has 2 amide bonds. The van der Waals surface area contributed by atoms with Gasteiger partial charge in [-0.25, -0.2) is 9.59 Å². The lowest BCUT2D eigenvalue weighted by Gasteiger charge is -2.23. The van der Waals surface area contributed by atoms with Crippen LogP contribution in [0.25, 0.3) is 0 Å². The molecule has 9 nitrogen and oxygen atoms in total. The molecule has 2 heterocycles. The molecule has 0 spiro atoms. The van der Waals surface area contributed by atoms with Gasteiger partial charge in [0.05, 0.1) is 6.04 Å². The maximum atomic E-state index is 12.8. The van der Waals surface area contributed by atoms with Crippen molar-refractivity contribution in [2.75, 3.05) is 13.2 Å². The number of aromatic nitrogens is 1. The molecule has 2 unspecified atom stereocenters.